The molecule has 1 aliphatic heterocycles. The second kappa shape index (κ2) is 8.67. The summed E-state index contributed by atoms with van der Waals surface area (Å²) in [5.74, 6) is -0.399. The highest BCUT2D eigenvalue weighted by molar-refractivity contribution is 5.93. The molecule has 0 bridgehead atoms. The van der Waals surface area contributed by atoms with Crippen LogP contribution in [0.1, 0.15) is 27.9 Å². The van der Waals surface area contributed by atoms with Crippen molar-refractivity contribution in [1.82, 2.24) is 9.88 Å². The average Bonchev–Trinajstić information content (AvgIpc) is 3.22. The Morgan fingerprint density at radius 2 is 1.83 bits per heavy atom. The molecule has 0 aliphatic carbocycles. The van der Waals surface area contributed by atoms with Gasteiger partial charge in [0.2, 0.25) is 0 Å². The van der Waals surface area contributed by atoms with Crippen molar-refractivity contribution < 1.29 is 9.90 Å². The molecule has 0 unspecified atom stereocenters. The number of likely N-dealkylation sites (tertiary alicyclic amines) is 1. The monoisotopic (exact) mass is 401 g/mol. The van der Waals surface area contributed by atoms with Gasteiger partial charge in [-0.2, -0.15) is 0 Å². The topological polar surface area (TPSA) is 56.7 Å². The number of hydrogen-bond acceptors (Lipinski definition) is 4. The van der Waals surface area contributed by atoms with Gasteiger partial charge in [0.05, 0.1) is 0 Å². The van der Waals surface area contributed by atoms with Gasteiger partial charge >= 0.3 is 5.97 Å². The first kappa shape index (κ1) is 20.1. The first-order valence-electron chi connectivity index (χ1n) is 10.3. The van der Waals surface area contributed by atoms with Crippen LogP contribution in [0.5, 0.6) is 0 Å². The minimum absolute atomic E-state index is 0.239. The molecule has 1 aliphatic rings. The van der Waals surface area contributed by atoms with E-state index in [0.29, 0.717) is 5.82 Å². The minimum Gasteiger partial charge on any atom is -0.478 e. The number of aryl methyl sites for hydroxylation is 1. The molecule has 5 nitrogen and oxygen atoms in total. The molecule has 0 radical (unpaired) electrons. The van der Waals surface area contributed by atoms with E-state index in [1.165, 1.54) is 22.3 Å². The number of carboxylic acids is 1. The Kier molecular flexibility index (Phi) is 5.81. The zero-order chi connectivity index (χ0) is 21.1. The van der Waals surface area contributed by atoms with Crippen LogP contribution in [0.2, 0.25) is 0 Å². The SMILES string of the molecule is Cc1ccccc1-c1ccccc1CN1CC[C@@H](N(C)c2ncccc2C(=O)O)C1. The summed E-state index contributed by atoms with van der Waals surface area (Å²) in [4.78, 5) is 20.4. The van der Waals surface area contributed by atoms with Crippen LogP contribution in [0.3, 0.4) is 0 Å². The number of carbonyl (C=O) groups is 1. The van der Waals surface area contributed by atoms with Crippen molar-refractivity contribution in [1.29, 1.82) is 0 Å². The van der Waals surface area contributed by atoms with Crippen LogP contribution in [-0.4, -0.2) is 47.1 Å². The molecule has 0 saturated carbocycles. The Morgan fingerprint density at radius 3 is 2.60 bits per heavy atom. The third kappa shape index (κ3) is 4.07. The van der Waals surface area contributed by atoms with Gasteiger partial charge in [0.1, 0.15) is 11.4 Å². The second-order valence-corrected chi connectivity index (χ2v) is 7.94. The van der Waals surface area contributed by atoms with Crippen LogP contribution in [-0.2, 0) is 6.54 Å². The number of anilines is 1. The second-order valence-electron chi connectivity index (χ2n) is 7.94. The zero-order valence-corrected chi connectivity index (χ0v) is 17.5. The molecule has 2 heterocycles. The van der Waals surface area contributed by atoms with Gasteiger partial charge in [0.15, 0.2) is 0 Å². The number of rotatable bonds is 6. The van der Waals surface area contributed by atoms with Gasteiger partial charge in [-0.3, -0.25) is 4.90 Å². The fraction of sp³-hybridized carbons (Fsp3) is 0.280. The summed E-state index contributed by atoms with van der Waals surface area (Å²) < 4.78 is 0. The third-order valence-electron chi connectivity index (χ3n) is 5.99. The molecule has 1 aromatic heterocycles. The maximum absolute atomic E-state index is 11.6. The number of nitrogens with zero attached hydrogens (tertiary/aromatic N) is 3. The zero-order valence-electron chi connectivity index (χ0n) is 17.5. The van der Waals surface area contributed by atoms with E-state index in [-0.39, 0.29) is 11.6 Å². The molecule has 30 heavy (non-hydrogen) atoms. The van der Waals surface area contributed by atoms with E-state index in [4.69, 9.17) is 0 Å². The van der Waals surface area contributed by atoms with Gasteiger partial charge < -0.3 is 10.0 Å². The fourth-order valence-electron chi connectivity index (χ4n) is 4.33. The van der Waals surface area contributed by atoms with E-state index >= 15 is 0 Å². The molecule has 4 rings (SSSR count). The molecule has 1 N–H and O–H groups in total. The maximum Gasteiger partial charge on any atom is 0.339 e. The maximum atomic E-state index is 11.6. The fourth-order valence-corrected chi connectivity index (χ4v) is 4.33. The van der Waals surface area contributed by atoms with Gasteiger partial charge in [-0.25, -0.2) is 9.78 Å². The Hall–Kier alpha value is -3.18. The predicted octanol–water partition coefficient (Wildman–Crippen LogP) is 4.47. The van der Waals surface area contributed by atoms with Crippen LogP contribution in [0.15, 0.2) is 66.9 Å². The summed E-state index contributed by atoms with van der Waals surface area (Å²) in [5, 5.41) is 9.49. The summed E-state index contributed by atoms with van der Waals surface area (Å²) in [5.41, 5.74) is 5.41. The predicted molar refractivity (Wildman–Crippen MR) is 120 cm³/mol. The molecule has 0 spiro atoms. The summed E-state index contributed by atoms with van der Waals surface area (Å²) in [6.07, 6.45) is 2.64. The highest BCUT2D eigenvalue weighted by atomic mass is 16.4. The van der Waals surface area contributed by atoms with Crippen LogP contribution in [0, 0.1) is 6.92 Å². The third-order valence-corrected chi connectivity index (χ3v) is 5.99. The molecule has 3 aromatic rings. The van der Waals surface area contributed by atoms with E-state index in [0.717, 1.165) is 26.1 Å². The largest absolute Gasteiger partial charge is 0.478 e. The molecular weight excluding hydrogens is 374 g/mol. The quantitative estimate of drug-likeness (QED) is 0.661. The van der Waals surface area contributed by atoms with E-state index in [1.54, 1.807) is 18.3 Å². The van der Waals surface area contributed by atoms with Gasteiger partial charge in [-0.05, 0) is 47.7 Å². The number of carboxylic acid groups (broad SMARTS) is 1. The van der Waals surface area contributed by atoms with E-state index in [2.05, 4.69) is 65.3 Å². The Balaban J connectivity index is 1.51. The normalized spacial score (nSPS) is 16.5. The summed E-state index contributed by atoms with van der Waals surface area (Å²) in [6.45, 7) is 4.89. The van der Waals surface area contributed by atoms with Crippen molar-refractivity contribution in [2.75, 3.05) is 25.0 Å². The van der Waals surface area contributed by atoms with E-state index < -0.39 is 5.97 Å². The Bertz CT molecular complexity index is 1050. The Morgan fingerprint density at radius 1 is 1.10 bits per heavy atom. The van der Waals surface area contributed by atoms with Crippen molar-refractivity contribution in [2.24, 2.45) is 0 Å². The summed E-state index contributed by atoms with van der Waals surface area (Å²) in [6, 6.07) is 20.6. The molecule has 2 aromatic carbocycles. The van der Waals surface area contributed by atoms with E-state index in [9.17, 15) is 9.90 Å². The number of aromatic nitrogens is 1. The lowest BCUT2D eigenvalue weighted by molar-refractivity contribution is 0.0697. The number of likely N-dealkylation sites (N-methyl/N-ethyl adjacent to an activating group) is 1. The van der Waals surface area contributed by atoms with Crippen molar-refractivity contribution in [3.8, 4) is 11.1 Å². The van der Waals surface area contributed by atoms with Gasteiger partial charge in [0, 0.05) is 38.9 Å². The van der Waals surface area contributed by atoms with Crippen LogP contribution in [0.25, 0.3) is 11.1 Å². The highest BCUT2D eigenvalue weighted by Crippen LogP contribution is 2.29. The minimum atomic E-state index is -0.938. The molecular formula is C25H27N3O2. The molecule has 5 heteroatoms. The lowest BCUT2D eigenvalue weighted by Crippen LogP contribution is -2.36. The highest BCUT2D eigenvalue weighted by Gasteiger charge is 2.29. The van der Waals surface area contributed by atoms with E-state index in [1.807, 2.05) is 11.9 Å². The lowest BCUT2D eigenvalue weighted by atomic mass is 9.96. The standard InChI is InChI=1S/C25H27N3O2/c1-18-8-3-5-10-21(18)22-11-6-4-9-19(22)16-28-15-13-20(17-28)27(2)24-23(25(29)30)12-7-14-26-24/h3-12,14,20H,13,15-17H2,1-2H3,(H,29,30)/t20-/m1/s1. The lowest BCUT2D eigenvalue weighted by Gasteiger charge is -2.27. The van der Waals surface area contributed by atoms with Crippen molar-refractivity contribution >= 4 is 11.8 Å². The number of hydrogen-bond donors (Lipinski definition) is 1. The van der Waals surface area contributed by atoms with Crippen molar-refractivity contribution in [3.63, 3.8) is 0 Å². The first-order valence-corrected chi connectivity index (χ1v) is 10.3. The number of pyridine rings is 1. The average molecular weight is 402 g/mol. The first-order chi connectivity index (χ1) is 14.5. The molecule has 154 valence electrons. The molecule has 0 amide bonds. The van der Waals surface area contributed by atoms with Crippen LogP contribution in [0.4, 0.5) is 5.82 Å². The smallest absolute Gasteiger partial charge is 0.339 e. The number of aromatic carboxylic acids is 1. The van der Waals surface area contributed by atoms with Crippen molar-refractivity contribution in [2.45, 2.75) is 25.9 Å². The van der Waals surface area contributed by atoms with Crippen LogP contribution >= 0.6 is 0 Å². The van der Waals surface area contributed by atoms with Gasteiger partial charge in [-0.15, -0.1) is 0 Å². The molecule has 1 atom stereocenters. The van der Waals surface area contributed by atoms with Gasteiger partial charge in [0.25, 0.3) is 0 Å². The van der Waals surface area contributed by atoms with Crippen molar-refractivity contribution in [3.05, 3.63) is 83.6 Å². The Labute approximate surface area is 177 Å². The summed E-state index contributed by atoms with van der Waals surface area (Å²) >= 11 is 0. The molecule has 1 fully saturated rings. The summed E-state index contributed by atoms with van der Waals surface area (Å²) in [7, 11) is 1.95. The van der Waals surface area contributed by atoms with Gasteiger partial charge in [-0.1, -0.05) is 48.5 Å². The molecule has 1 saturated heterocycles. The number of benzene rings is 2. The van der Waals surface area contributed by atoms with Crippen LogP contribution < -0.4 is 4.90 Å².